The molecule has 25 heavy (non-hydrogen) atoms. The van der Waals surface area contributed by atoms with Crippen molar-refractivity contribution < 1.29 is 9.53 Å². The van der Waals surface area contributed by atoms with Gasteiger partial charge in [0.25, 0.3) is 0 Å². The molecule has 0 aromatic heterocycles. The van der Waals surface area contributed by atoms with Crippen LogP contribution in [-0.4, -0.2) is 32.1 Å². The molecule has 1 amide bonds. The Kier molecular flexibility index (Phi) is 8.74. The van der Waals surface area contributed by atoms with Crippen molar-refractivity contribution in [3.05, 3.63) is 29.8 Å². The van der Waals surface area contributed by atoms with Crippen LogP contribution in [0, 0.1) is 11.8 Å². The van der Waals surface area contributed by atoms with Crippen LogP contribution in [-0.2, 0) is 10.2 Å². The molecule has 4 nitrogen and oxygen atoms in total. The van der Waals surface area contributed by atoms with Crippen LogP contribution in [0.2, 0.25) is 0 Å². The van der Waals surface area contributed by atoms with Gasteiger partial charge in [0.05, 0.1) is 12.5 Å². The molecule has 1 heterocycles. The highest BCUT2D eigenvalue weighted by atomic mass is 35.5. The second-order valence-corrected chi connectivity index (χ2v) is 7.87. The smallest absolute Gasteiger partial charge is 0.224 e. The van der Waals surface area contributed by atoms with Crippen molar-refractivity contribution in [1.29, 1.82) is 0 Å². The predicted molar refractivity (Wildman–Crippen MR) is 106 cm³/mol. The Morgan fingerprint density at radius 3 is 2.56 bits per heavy atom. The molecule has 0 bridgehead atoms. The molecule has 1 atom stereocenters. The standard InChI is InChI=1S/C20H32N2O2.ClH/c1-15(2)13-24-18-9-7-17(8-10-18)20(3,4)14-22-19(23)16-6-5-11-21-12-16;/h7-10,15-16,21H,5-6,11-14H2,1-4H3,(H,22,23);1H. The van der Waals surface area contributed by atoms with E-state index >= 15 is 0 Å². The van der Waals surface area contributed by atoms with E-state index in [1.807, 2.05) is 12.1 Å². The lowest BCUT2D eigenvalue weighted by atomic mass is 9.84. The summed E-state index contributed by atoms with van der Waals surface area (Å²) in [6.45, 7) is 11.8. The van der Waals surface area contributed by atoms with Gasteiger partial charge in [-0.1, -0.05) is 39.8 Å². The van der Waals surface area contributed by atoms with Crippen LogP contribution in [0.5, 0.6) is 5.75 Å². The number of amides is 1. The molecule has 1 aliphatic heterocycles. The van der Waals surface area contributed by atoms with Gasteiger partial charge in [-0.3, -0.25) is 4.79 Å². The highest BCUT2D eigenvalue weighted by Gasteiger charge is 2.25. The highest BCUT2D eigenvalue weighted by molar-refractivity contribution is 5.85. The van der Waals surface area contributed by atoms with E-state index < -0.39 is 0 Å². The van der Waals surface area contributed by atoms with Crippen LogP contribution < -0.4 is 15.4 Å². The molecule has 1 saturated heterocycles. The van der Waals surface area contributed by atoms with E-state index in [1.165, 1.54) is 5.56 Å². The van der Waals surface area contributed by atoms with E-state index in [4.69, 9.17) is 4.74 Å². The fourth-order valence-electron chi connectivity index (χ4n) is 2.90. The number of rotatable bonds is 7. The molecule has 2 N–H and O–H groups in total. The molecular weight excluding hydrogens is 336 g/mol. The molecule has 1 aromatic rings. The Morgan fingerprint density at radius 2 is 2.00 bits per heavy atom. The Balaban J connectivity index is 0.00000312. The molecule has 1 aliphatic rings. The quantitative estimate of drug-likeness (QED) is 0.774. The number of benzene rings is 1. The fourth-order valence-corrected chi connectivity index (χ4v) is 2.90. The van der Waals surface area contributed by atoms with E-state index in [0.717, 1.165) is 38.3 Å². The SMILES string of the molecule is CC(C)COc1ccc(C(C)(C)CNC(=O)C2CCCNC2)cc1.Cl. The van der Waals surface area contributed by atoms with Crippen LogP contribution in [0.4, 0.5) is 0 Å². The van der Waals surface area contributed by atoms with Crippen molar-refractivity contribution in [2.24, 2.45) is 11.8 Å². The van der Waals surface area contributed by atoms with Gasteiger partial charge in [0.15, 0.2) is 0 Å². The van der Waals surface area contributed by atoms with Crippen LogP contribution in [0.1, 0.15) is 46.1 Å². The van der Waals surface area contributed by atoms with E-state index in [2.05, 4.69) is 50.5 Å². The number of carbonyl (C=O) groups excluding carboxylic acids is 1. The van der Waals surface area contributed by atoms with Gasteiger partial charge in [-0.2, -0.15) is 0 Å². The molecular formula is C20H33ClN2O2. The molecule has 0 radical (unpaired) electrons. The van der Waals surface area contributed by atoms with E-state index in [-0.39, 0.29) is 29.6 Å². The molecule has 1 aromatic carbocycles. The maximum absolute atomic E-state index is 12.3. The van der Waals surface area contributed by atoms with Crippen molar-refractivity contribution >= 4 is 18.3 Å². The maximum atomic E-state index is 12.3. The number of halogens is 1. The predicted octanol–water partition coefficient (Wildman–Crippen LogP) is 3.54. The number of hydrogen-bond acceptors (Lipinski definition) is 3. The third-order valence-corrected chi connectivity index (χ3v) is 4.59. The Morgan fingerprint density at radius 1 is 1.32 bits per heavy atom. The molecule has 0 aliphatic carbocycles. The summed E-state index contributed by atoms with van der Waals surface area (Å²) in [7, 11) is 0. The first-order chi connectivity index (χ1) is 11.4. The number of ether oxygens (including phenoxy) is 1. The first kappa shape index (κ1) is 21.8. The zero-order chi connectivity index (χ0) is 17.6. The molecule has 1 unspecified atom stereocenters. The summed E-state index contributed by atoms with van der Waals surface area (Å²) in [5, 5.41) is 6.43. The minimum atomic E-state index is -0.103. The molecule has 1 fully saturated rings. The van der Waals surface area contributed by atoms with Crippen molar-refractivity contribution in [3.63, 3.8) is 0 Å². The molecule has 0 spiro atoms. The fraction of sp³-hybridized carbons (Fsp3) is 0.650. The van der Waals surface area contributed by atoms with Crippen LogP contribution >= 0.6 is 12.4 Å². The molecule has 0 saturated carbocycles. The Labute approximate surface area is 158 Å². The van der Waals surface area contributed by atoms with Crippen molar-refractivity contribution in [1.82, 2.24) is 10.6 Å². The van der Waals surface area contributed by atoms with Crippen molar-refractivity contribution in [2.75, 3.05) is 26.2 Å². The lowest BCUT2D eigenvalue weighted by Gasteiger charge is -2.28. The van der Waals surface area contributed by atoms with Gasteiger partial charge >= 0.3 is 0 Å². The summed E-state index contributed by atoms with van der Waals surface area (Å²) in [6, 6.07) is 8.24. The monoisotopic (exact) mass is 368 g/mol. The summed E-state index contributed by atoms with van der Waals surface area (Å²) >= 11 is 0. The van der Waals surface area contributed by atoms with Crippen molar-refractivity contribution in [2.45, 2.75) is 46.0 Å². The maximum Gasteiger partial charge on any atom is 0.224 e. The number of carbonyl (C=O) groups is 1. The lowest BCUT2D eigenvalue weighted by molar-refractivity contribution is -0.125. The first-order valence-electron chi connectivity index (χ1n) is 9.10. The minimum absolute atomic E-state index is 0. The third kappa shape index (κ3) is 6.87. The van der Waals surface area contributed by atoms with Gasteiger partial charge in [-0.05, 0) is 43.0 Å². The summed E-state index contributed by atoms with van der Waals surface area (Å²) in [5.41, 5.74) is 1.11. The summed E-state index contributed by atoms with van der Waals surface area (Å²) in [5.74, 6) is 1.71. The summed E-state index contributed by atoms with van der Waals surface area (Å²) < 4.78 is 5.74. The van der Waals surface area contributed by atoms with Crippen LogP contribution in [0.3, 0.4) is 0 Å². The van der Waals surface area contributed by atoms with E-state index in [1.54, 1.807) is 0 Å². The first-order valence-corrected chi connectivity index (χ1v) is 9.10. The van der Waals surface area contributed by atoms with Gasteiger partial charge in [0.1, 0.15) is 5.75 Å². The van der Waals surface area contributed by atoms with Crippen molar-refractivity contribution in [3.8, 4) is 5.75 Å². The summed E-state index contributed by atoms with van der Waals surface area (Å²) in [4.78, 5) is 12.3. The average Bonchev–Trinajstić information content (AvgIpc) is 2.59. The largest absolute Gasteiger partial charge is 0.493 e. The van der Waals surface area contributed by atoms with Crippen LogP contribution in [0.25, 0.3) is 0 Å². The zero-order valence-electron chi connectivity index (χ0n) is 15.9. The number of hydrogen-bond donors (Lipinski definition) is 2. The topological polar surface area (TPSA) is 50.4 Å². The van der Waals surface area contributed by atoms with Gasteiger partial charge in [0, 0.05) is 18.5 Å². The normalized spacial score (nSPS) is 17.7. The Bertz CT molecular complexity index is 523. The van der Waals surface area contributed by atoms with Gasteiger partial charge in [-0.25, -0.2) is 0 Å². The number of piperidine rings is 1. The molecule has 142 valence electrons. The molecule has 2 rings (SSSR count). The van der Waals surface area contributed by atoms with Crippen LogP contribution in [0.15, 0.2) is 24.3 Å². The highest BCUT2D eigenvalue weighted by Crippen LogP contribution is 2.25. The number of nitrogens with one attached hydrogen (secondary N) is 2. The second-order valence-electron chi connectivity index (χ2n) is 7.87. The lowest BCUT2D eigenvalue weighted by Crippen LogP contribution is -2.44. The van der Waals surface area contributed by atoms with E-state index in [0.29, 0.717) is 12.5 Å². The summed E-state index contributed by atoms with van der Waals surface area (Å²) in [6.07, 6.45) is 2.07. The zero-order valence-corrected chi connectivity index (χ0v) is 16.7. The molecule has 5 heteroatoms. The Hall–Kier alpha value is -1.26. The van der Waals surface area contributed by atoms with Gasteiger partial charge < -0.3 is 15.4 Å². The minimum Gasteiger partial charge on any atom is -0.493 e. The third-order valence-electron chi connectivity index (χ3n) is 4.59. The van der Waals surface area contributed by atoms with E-state index in [9.17, 15) is 4.79 Å². The second kappa shape index (κ2) is 10.0. The van der Waals surface area contributed by atoms with Gasteiger partial charge in [0.2, 0.25) is 5.91 Å². The van der Waals surface area contributed by atoms with Gasteiger partial charge in [-0.15, -0.1) is 12.4 Å². The average molecular weight is 369 g/mol.